The van der Waals surface area contributed by atoms with Gasteiger partial charge in [0.1, 0.15) is 5.92 Å². The van der Waals surface area contributed by atoms with E-state index in [1.165, 1.54) is 6.92 Å². The lowest BCUT2D eigenvalue weighted by atomic mass is 10.1. The molecule has 7 heteroatoms. The number of hydrogen-bond donors (Lipinski definition) is 0. The van der Waals surface area contributed by atoms with Gasteiger partial charge in [0.25, 0.3) is 0 Å². The zero-order valence-corrected chi connectivity index (χ0v) is 14.3. The fourth-order valence-corrected chi connectivity index (χ4v) is 3.46. The van der Waals surface area contributed by atoms with E-state index >= 15 is 0 Å². The summed E-state index contributed by atoms with van der Waals surface area (Å²) < 4.78 is 0. The molecule has 0 radical (unpaired) electrons. The number of rotatable bonds is 2. The highest BCUT2D eigenvalue weighted by atomic mass is 35.5. The van der Waals surface area contributed by atoms with Crippen LogP contribution in [0, 0.1) is 5.92 Å². The first-order valence-corrected chi connectivity index (χ1v) is 8.46. The van der Waals surface area contributed by atoms with Crippen molar-refractivity contribution in [3.05, 3.63) is 29.3 Å². The smallest absolute Gasteiger partial charge is 0.239 e. The molecule has 2 saturated heterocycles. The minimum atomic E-state index is -0.632. The van der Waals surface area contributed by atoms with Gasteiger partial charge in [-0.3, -0.25) is 14.4 Å². The maximum atomic E-state index is 12.7. The van der Waals surface area contributed by atoms with Crippen molar-refractivity contribution < 1.29 is 14.4 Å². The Morgan fingerprint density at radius 3 is 2.38 bits per heavy atom. The lowest BCUT2D eigenvalue weighted by Gasteiger charge is -2.35. The molecule has 0 saturated carbocycles. The predicted molar refractivity (Wildman–Crippen MR) is 90.7 cm³/mol. The van der Waals surface area contributed by atoms with Gasteiger partial charge >= 0.3 is 0 Å². The number of anilines is 1. The van der Waals surface area contributed by atoms with Crippen LogP contribution in [0.2, 0.25) is 5.02 Å². The van der Waals surface area contributed by atoms with E-state index in [0.717, 1.165) is 5.69 Å². The van der Waals surface area contributed by atoms with Crippen LogP contribution < -0.4 is 4.90 Å². The van der Waals surface area contributed by atoms with Gasteiger partial charge in [0.05, 0.1) is 0 Å². The average molecular weight is 350 g/mol. The van der Waals surface area contributed by atoms with Crippen molar-refractivity contribution in [2.24, 2.45) is 5.92 Å². The first-order chi connectivity index (χ1) is 11.5. The van der Waals surface area contributed by atoms with Crippen molar-refractivity contribution in [3.8, 4) is 0 Å². The fourth-order valence-electron chi connectivity index (χ4n) is 3.27. The van der Waals surface area contributed by atoms with Crippen LogP contribution in [0.1, 0.15) is 13.3 Å². The van der Waals surface area contributed by atoms with Crippen LogP contribution in [0.3, 0.4) is 0 Å². The zero-order valence-electron chi connectivity index (χ0n) is 13.6. The second-order valence-electron chi connectivity index (χ2n) is 6.14. The number of nitrogens with zero attached hydrogens (tertiary/aromatic N) is 3. The topological polar surface area (TPSA) is 60.9 Å². The summed E-state index contributed by atoms with van der Waals surface area (Å²) in [6.07, 6.45) is 0.511. The number of amides is 3. The Labute approximate surface area is 146 Å². The van der Waals surface area contributed by atoms with Gasteiger partial charge in [-0.15, -0.1) is 0 Å². The Kier molecular flexibility index (Phi) is 4.76. The lowest BCUT2D eigenvalue weighted by Crippen LogP contribution is -2.52. The Balaban J connectivity index is 1.65. The van der Waals surface area contributed by atoms with Crippen molar-refractivity contribution in [1.82, 2.24) is 9.80 Å². The Bertz CT molecular complexity index is 671. The van der Waals surface area contributed by atoms with Gasteiger partial charge in [0.2, 0.25) is 17.7 Å². The Morgan fingerprint density at radius 2 is 1.75 bits per heavy atom. The van der Waals surface area contributed by atoms with Crippen LogP contribution in [0.4, 0.5) is 5.69 Å². The van der Waals surface area contributed by atoms with E-state index in [-0.39, 0.29) is 17.7 Å². The third kappa shape index (κ3) is 3.24. The third-order valence-electron chi connectivity index (χ3n) is 4.66. The summed E-state index contributed by atoms with van der Waals surface area (Å²) in [5, 5.41) is 0.565. The second kappa shape index (κ2) is 6.81. The standard InChI is InChI=1S/C17H20ClN3O3/c1-12(22)19-7-9-20(10-8-19)16(23)15-5-6-21(17(15)24)14-4-2-3-13(18)11-14/h2-4,11,15H,5-10H2,1H3. The van der Waals surface area contributed by atoms with Gasteiger partial charge in [-0.25, -0.2) is 0 Å². The number of benzene rings is 1. The lowest BCUT2D eigenvalue weighted by molar-refractivity contribution is -0.144. The molecule has 1 aromatic rings. The highest BCUT2D eigenvalue weighted by Gasteiger charge is 2.40. The quantitative estimate of drug-likeness (QED) is 0.758. The number of carbonyl (C=O) groups is 3. The van der Waals surface area contributed by atoms with Crippen LogP contribution in [0.15, 0.2) is 24.3 Å². The zero-order chi connectivity index (χ0) is 17.3. The first-order valence-electron chi connectivity index (χ1n) is 8.08. The molecule has 24 heavy (non-hydrogen) atoms. The highest BCUT2D eigenvalue weighted by Crippen LogP contribution is 2.28. The Hall–Kier alpha value is -2.08. The first kappa shape index (κ1) is 16.8. The van der Waals surface area contributed by atoms with E-state index in [1.54, 1.807) is 32.9 Å². The minimum Gasteiger partial charge on any atom is -0.339 e. The van der Waals surface area contributed by atoms with Gasteiger partial charge in [-0.1, -0.05) is 17.7 Å². The fraction of sp³-hybridized carbons (Fsp3) is 0.471. The van der Waals surface area contributed by atoms with Crippen LogP contribution in [-0.2, 0) is 14.4 Å². The van der Waals surface area contributed by atoms with E-state index < -0.39 is 5.92 Å². The van der Waals surface area contributed by atoms with Crippen LogP contribution in [-0.4, -0.2) is 60.2 Å². The molecule has 2 aliphatic heterocycles. The summed E-state index contributed by atoms with van der Waals surface area (Å²) in [6, 6.07) is 7.10. The minimum absolute atomic E-state index is 0.0196. The summed E-state index contributed by atoms with van der Waals surface area (Å²) in [7, 11) is 0. The van der Waals surface area contributed by atoms with E-state index in [9.17, 15) is 14.4 Å². The molecular weight excluding hydrogens is 330 g/mol. The van der Waals surface area contributed by atoms with E-state index in [2.05, 4.69) is 0 Å². The van der Waals surface area contributed by atoms with Gasteiger partial charge < -0.3 is 14.7 Å². The summed E-state index contributed by atoms with van der Waals surface area (Å²) in [5.74, 6) is -0.914. The van der Waals surface area contributed by atoms with Crippen molar-refractivity contribution in [3.63, 3.8) is 0 Å². The summed E-state index contributed by atoms with van der Waals surface area (Å²) in [6.45, 7) is 4.07. The second-order valence-corrected chi connectivity index (χ2v) is 6.58. The molecular formula is C17H20ClN3O3. The van der Waals surface area contributed by atoms with Crippen molar-refractivity contribution in [1.29, 1.82) is 0 Å². The largest absolute Gasteiger partial charge is 0.339 e. The molecule has 3 rings (SSSR count). The van der Waals surface area contributed by atoms with Crippen molar-refractivity contribution in [2.45, 2.75) is 13.3 Å². The molecule has 0 bridgehead atoms. The molecule has 6 nitrogen and oxygen atoms in total. The van der Waals surface area contributed by atoms with Crippen LogP contribution >= 0.6 is 11.6 Å². The molecule has 2 aliphatic rings. The molecule has 0 spiro atoms. The summed E-state index contributed by atoms with van der Waals surface area (Å²) in [4.78, 5) is 41.7. The number of halogens is 1. The van der Waals surface area contributed by atoms with E-state index in [4.69, 9.17) is 11.6 Å². The third-order valence-corrected chi connectivity index (χ3v) is 4.90. The van der Waals surface area contributed by atoms with Gasteiger partial charge in [0.15, 0.2) is 0 Å². The van der Waals surface area contributed by atoms with Crippen molar-refractivity contribution in [2.75, 3.05) is 37.6 Å². The van der Waals surface area contributed by atoms with Gasteiger partial charge in [0, 0.05) is 50.4 Å². The summed E-state index contributed by atoms with van der Waals surface area (Å²) in [5.41, 5.74) is 0.726. The number of carbonyl (C=O) groups excluding carboxylic acids is 3. The summed E-state index contributed by atoms with van der Waals surface area (Å²) >= 11 is 5.99. The van der Waals surface area contributed by atoms with E-state index in [1.807, 2.05) is 6.07 Å². The molecule has 2 fully saturated rings. The maximum absolute atomic E-state index is 12.7. The monoisotopic (exact) mass is 349 g/mol. The van der Waals surface area contributed by atoms with Crippen LogP contribution in [0.25, 0.3) is 0 Å². The molecule has 0 aromatic heterocycles. The molecule has 2 heterocycles. The molecule has 0 aliphatic carbocycles. The van der Waals surface area contributed by atoms with E-state index in [0.29, 0.717) is 44.2 Å². The average Bonchev–Trinajstić information content (AvgIpc) is 2.96. The normalized spacial score (nSPS) is 21.3. The molecule has 1 atom stereocenters. The maximum Gasteiger partial charge on any atom is 0.239 e. The molecule has 0 N–H and O–H groups in total. The van der Waals surface area contributed by atoms with Crippen LogP contribution in [0.5, 0.6) is 0 Å². The number of hydrogen-bond acceptors (Lipinski definition) is 3. The molecule has 1 aromatic carbocycles. The Morgan fingerprint density at radius 1 is 1.08 bits per heavy atom. The molecule has 3 amide bonds. The molecule has 128 valence electrons. The molecule has 1 unspecified atom stereocenters. The highest BCUT2D eigenvalue weighted by molar-refractivity contribution is 6.31. The SMILES string of the molecule is CC(=O)N1CCN(C(=O)C2CCN(c3cccc(Cl)c3)C2=O)CC1. The predicted octanol–water partition coefficient (Wildman–Crippen LogP) is 1.38. The van der Waals surface area contributed by atoms with Crippen molar-refractivity contribution >= 4 is 35.0 Å². The number of piperazine rings is 1. The van der Waals surface area contributed by atoms with Gasteiger partial charge in [-0.2, -0.15) is 0 Å². The van der Waals surface area contributed by atoms with Gasteiger partial charge in [-0.05, 0) is 24.6 Å².